The molecule has 2 amide bonds. The molecule has 3 heterocycles. The summed E-state index contributed by atoms with van der Waals surface area (Å²) in [6, 6.07) is -0.273. The van der Waals surface area contributed by atoms with Gasteiger partial charge in [0.15, 0.2) is 5.69 Å². The largest absolute Gasteiger partial charge is 0.381 e. The van der Waals surface area contributed by atoms with Crippen molar-refractivity contribution in [1.82, 2.24) is 25.2 Å². The van der Waals surface area contributed by atoms with Gasteiger partial charge in [0.05, 0.1) is 25.3 Å². The molecule has 1 aromatic heterocycles. The maximum absolute atomic E-state index is 14.0. The second-order valence-electron chi connectivity index (χ2n) is 7.32. The first-order valence-electron chi connectivity index (χ1n) is 9.17. The van der Waals surface area contributed by atoms with E-state index in [1.165, 1.54) is 4.68 Å². The number of halogens is 1. The minimum Gasteiger partial charge on any atom is -0.381 e. The lowest BCUT2D eigenvalue weighted by Crippen LogP contribution is -2.43. The molecule has 0 saturated carbocycles. The van der Waals surface area contributed by atoms with Crippen molar-refractivity contribution < 1.29 is 18.7 Å². The van der Waals surface area contributed by atoms with Crippen LogP contribution in [0.15, 0.2) is 6.20 Å². The van der Waals surface area contributed by atoms with Crippen LogP contribution < -0.4 is 5.32 Å². The van der Waals surface area contributed by atoms with Crippen molar-refractivity contribution in [1.29, 1.82) is 0 Å². The first-order chi connectivity index (χ1) is 12.4. The highest BCUT2D eigenvalue weighted by atomic mass is 19.1. The lowest BCUT2D eigenvalue weighted by Gasteiger charge is -2.30. The van der Waals surface area contributed by atoms with Crippen molar-refractivity contribution in [3.63, 3.8) is 0 Å². The summed E-state index contributed by atoms with van der Waals surface area (Å²) in [4.78, 5) is 26.4. The SMILES string of the molecule is CC(C)NC(=O)c1cn(CC2CC(F)CN2C(=O)C2CCOCC2)nn1. The van der Waals surface area contributed by atoms with E-state index in [9.17, 15) is 14.0 Å². The van der Waals surface area contributed by atoms with Gasteiger partial charge in [-0.2, -0.15) is 0 Å². The number of nitrogens with one attached hydrogen (secondary N) is 1. The number of likely N-dealkylation sites (tertiary alicyclic amines) is 1. The van der Waals surface area contributed by atoms with Gasteiger partial charge in [0.2, 0.25) is 5.91 Å². The maximum Gasteiger partial charge on any atom is 0.273 e. The maximum atomic E-state index is 14.0. The van der Waals surface area contributed by atoms with Gasteiger partial charge >= 0.3 is 0 Å². The van der Waals surface area contributed by atoms with E-state index < -0.39 is 6.17 Å². The summed E-state index contributed by atoms with van der Waals surface area (Å²) in [6.07, 6.45) is 2.16. The number of nitrogens with zero attached hydrogens (tertiary/aromatic N) is 4. The smallest absolute Gasteiger partial charge is 0.273 e. The van der Waals surface area contributed by atoms with Crippen molar-refractivity contribution in [2.75, 3.05) is 19.8 Å². The molecule has 2 saturated heterocycles. The molecule has 2 aliphatic heterocycles. The molecule has 2 atom stereocenters. The minimum absolute atomic E-state index is 0.00219. The molecule has 2 fully saturated rings. The lowest BCUT2D eigenvalue weighted by atomic mass is 9.98. The minimum atomic E-state index is -1.03. The van der Waals surface area contributed by atoms with Gasteiger partial charge in [-0.15, -0.1) is 5.10 Å². The quantitative estimate of drug-likeness (QED) is 0.831. The summed E-state index contributed by atoms with van der Waals surface area (Å²) in [5, 5.41) is 10.6. The lowest BCUT2D eigenvalue weighted by molar-refractivity contribution is -0.139. The number of alkyl halides is 1. The molecule has 2 aliphatic rings. The third kappa shape index (κ3) is 4.38. The van der Waals surface area contributed by atoms with Crippen LogP contribution in [0.3, 0.4) is 0 Å². The Morgan fingerprint density at radius 2 is 2.12 bits per heavy atom. The predicted molar refractivity (Wildman–Crippen MR) is 91.2 cm³/mol. The molecular formula is C17H26FN5O3. The van der Waals surface area contributed by atoms with E-state index in [1.54, 1.807) is 11.1 Å². The zero-order valence-corrected chi connectivity index (χ0v) is 15.2. The van der Waals surface area contributed by atoms with Gasteiger partial charge in [-0.25, -0.2) is 9.07 Å². The van der Waals surface area contributed by atoms with Crippen LogP contribution >= 0.6 is 0 Å². The van der Waals surface area contributed by atoms with Crippen LogP contribution in [0, 0.1) is 5.92 Å². The number of ether oxygens (including phenoxy) is 1. The molecule has 1 aromatic rings. The zero-order valence-electron chi connectivity index (χ0n) is 15.2. The van der Waals surface area contributed by atoms with Crippen molar-refractivity contribution in [2.24, 2.45) is 5.92 Å². The molecule has 0 bridgehead atoms. The van der Waals surface area contributed by atoms with Gasteiger partial charge in [0.1, 0.15) is 6.17 Å². The number of aromatic nitrogens is 3. The molecule has 9 heteroatoms. The first kappa shape index (κ1) is 18.8. The summed E-state index contributed by atoms with van der Waals surface area (Å²) < 4.78 is 20.8. The average Bonchev–Trinajstić information content (AvgIpc) is 3.21. The Morgan fingerprint density at radius 1 is 1.38 bits per heavy atom. The molecule has 3 rings (SSSR count). The van der Waals surface area contributed by atoms with E-state index in [1.807, 2.05) is 13.8 Å². The molecular weight excluding hydrogens is 341 g/mol. The molecule has 2 unspecified atom stereocenters. The summed E-state index contributed by atoms with van der Waals surface area (Å²) in [6.45, 7) is 5.33. The number of carbonyl (C=O) groups excluding carboxylic acids is 2. The highest BCUT2D eigenvalue weighted by Crippen LogP contribution is 2.27. The fourth-order valence-electron chi connectivity index (χ4n) is 3.53. The molecule has 0 radical (unpaired) electrons. The van der Waals surface area contributed by atoms with Gasteiger partial charge < -0.3 is 15.0 Å². The van der Waals surface area contributed by atoms with Gasteiger partial charge in [-0.3, -0.25) is 9.59 Å². The third-order valence-electron chi connectivity index (χ3n) is 4.81. The highest BCUT2D eigenvalue weighted by molar-refractivity contribution is 5.92. The third-order valence-corrected chi connectivity index (χ3v) is 4.81. The Morgan fingerprint density at radius 3 is 2.81 bits per heavy atom. The highest BCUT2D eigenvalue weighted by Gasteiger charge is 2.38. The monoisotopic (exact) mass is 367 g/mol. The molecule has 26 heavy (non-hydrogen) atoms. The normalized spacial score (nSPS) is 24.2. The Labute approximate surface area is 152 Å². The molecule has 0 aromatic carbocycles. The van der Waals surface area contributed by atoms with Crippen LogP contribution in [0.4, 0.5) is 4.39 Å². The topological polar surface area (TPSA) is 89.4 Å². The van der Waals surface area contributed by atoms with Crippen molar-refractivity contribution in [3.8, 4) is 0 Å². The predicted octanol–water partition coefficient (Wildman–Crippen LogP) is 0.782. The Kier molecular flexibility index (Phi) is 5.85. The van der Waals surface area contributed by atoms with Crippen LogP contribution in [-0.2, 0) is 16.1 Å². The summed E-state index contributed by atoms with van der Waals surface area (Å²) >= 11 is 0. The van der Waals surface area contributed by atoms with E-state index >= 15 is 0 Å². The Bertz CT molecular complexity index is 644. The van der Waals surface area contributed by atoms with Crippen LogP contribution in [-0.4, -0.2) is 69.7 Å². The van der Waals surface area contributed by atoms with Crippen LogP contribution in [0.25, 0.3) is 0 Å². The van der Waals surface area contributed by atoms with Crippen LogP contribution in [0.5, 0.6) is 0 Å². The molecule has 0 spiro atoms. The van der Waals surface area contributed by atoms with Crippen LogP contribution in [0.2, 0.25) is 0 Å². The van der Waals surface area contributed by atoms with Gasteiger partial charge in [0, 0.05) is 31.6 Å². The summed E-state index contributed by atoms with van der Waals surface area (Å²) in [7, 11) is 0. The second kappa shape index (κ2) is 8.11. The average molecular weight is 367 g/mol. The first-order valence-corrected chi connectivity index (χ1v) is 9.17. The Balaban J connectivity index is 1.64. The number of amides is 2. The van der Waals surface area contributed by atoms with E-state index in [2.05, 4.69) is 15.6 Å². The number of hydrogen-bond acceptors (Lipinski definition) is 5. The number of hydrogen-bond donors (Lipinski definition) is 1. The van der Waals surface area contributed by atoms with Gasteiger partial charge in [0.25, 0.3) is 5.91 Å². The standard InChI is InChI=1S/C17H26FN5O3/c1-11(2)19-16(24)15-10-22(21-20-15)9-14-7-13(18)8-23(14)17(25)12-3-5-26-6-4-12/h10-14H,3-9H2,1-2H3,(H,19,24). The fraction of sp³-hybridized carbons (Fsp3) is 0.765. The zero-order chi connectivity index (χ0) is 18.7. The summed E-state index contributed by atoms with van der Waals surface area (Å²) in [5.41, 5.74) is 0.218. The van der Waals surface area contributed by atoms with E-state index in [-0.39, 0.29) is 48.5 Å². The second-order valence-corrected chi connectivity index (χ2v) is 7.32. The molecule has 1 N–H and O–H groups in total. The molecule has 0 aliphatic carbocycles. The van der Waals surface area contributed by atoms with Crippen LogP contribution in [0.1, 0.15) is 43.6 Å². The molecule has 8 nitrogen and oxygen atoms in total. The van der Waals surface area contributed by atoms with E-state index in [0.717, 1.165) is 0 Å². The van der Waals surface area contributed by atoms with Crippen molar-refractivity contribution in [3.05, 3.63) is 11.9 Å². The number of rotatable bonds is 5. The number of carbonyl (C=O) groups is 2. The Hall–Kier alpha value is -2.03. The van der Waals surface area contributed by atoms with Crippen molar-refractivity contribution >= 4 is 11.8 Å². The summed E-state index contributed by atoms with van der Waals surface area (Å²) in [5.74, 6) is -0.396. The van der Waals surface area contributed by atoms with Crippen molar-refractivity contribution in [2.45, 2.75) is 57.9 Å². The molecule has 144 valence electrons. The van der Waals surface area contributed by atoms with Gasteiger partial charge in [-0.1, -0.05) is 5.21 Å². The fourth-order valence-corrected chi connectivity index (χ4v) is 3.53. The van der Waals surface area contributed by atoms with E-state index in [0.29, 0.717) is 32.6 Å². The van der Waals surface area contributed by atoms with Gasteiger partial charge in [-0.05, 0) is 26.7 Å². The van der Waals surface area contributed by atoms with E-state index in [4.69, 9.17) is 4.74 Å².